The van der Waals surface area contributed by atoms with Gasteiger partial charge in [-0.05, 0) is 30.7 Å². The summed E-state index contributed by atoms with van der Waals surface area (Å²) in [7, 11) is 2.97. The zero-order chi connectivity index (χ0) is 11.7. The first-order chi connectivity index (χ1) is 7.65. The van der Waals surface area contributed by atoms with Crippen LogP contribution in [-0.2, 0) is 4.74 Å². The number of H-pyrrole nitrogens is 1. The molecule has 4 nitrogen and oxygen atoms in total. The van der Waals surface area contributed by atoms with Crippen LogP contribution in [0, 0.1) is 6.92 Å². The van der Waals surface area contributed by atoms with Crippen molar-refractivity contribution in [3.63, 3.8) is 0 Å². The molecule has 0 amide bonds. The van der Waals surface area contributed by atoms with Crippen molar-refractivity contribution in [1.82, 2.24) is 4.98 Å². The van der Waals surface area contributed by atoms with Crippen molar-refractivity contribution in [3.05, 3.63) is 29.5 Å². The summed E-state index contributed by atoms with van der Waals surface area (Å²) in [6.07, 6.45) is 0. The van der Waals surface area contributed by atoms with E-state index in [0.29, 0.717) is 5.69 Å². The molecule has 1 aromatic heterocycles. The van der Waals surface area contributed by atoms with E-state index in [4.69, 9.17) is 4.74 Å². The molecule has 1 N–H and O–H groups in total. The van der Waals surface area contributed by atoms with E-state index in [0.717, 1.165) is 22.2 Å². The summed E-state index contributed by atoms with van der Waals surface area (Å²) in [5.41, 5.74) is 2.38. The van der Waals surface area contributed by atoms with Gasteiger partial charge in [0.15, 0.2) is 0 Å². The van der Waals surface area contributed by atoms with Crippen LogP contribution in [0.15, 0.2) is 18.2 Å². The molecule has 0 saturated carbocycles. The predicted octanol–water partition coefficient (Wildman–Crippen LogP) is 2.27. The lowest BCUT2D eigenvalue weighted by Gasteiger charge is -2.02. The smallest absolute Gasteiger partial charge is 0.354 e. The average molecular weight is 219 g/mol. The van der Waals surface area contributed by atoms with Gasteiger partial charge in [0.05, 0.1) is 19.7 Å². The van der Waals surface area contributed by atoms with Crippen LogP contribution in [-0.4, -0.2) is 25.2 Å². The molecule has 0 aliphatic rings. The second-order valence-corrected chi connectivity index (χ2v) is 3.60. The number of hydrogen-bond acceptors (Lipinski definition) is 3. The summed E-state index contributed by atoms with van der Waals surface area (Å²) < 4.78 is 9.92. The molecular weight excluding hydrogens is 206 g/mol. The van der Waals surface area contributed by atoms with Crippen LogP contribution in [0.2, 0.25) is 0 Å². The first-order valence-electron chi connectivity index (χ1n) is 4.91. The van der Waals surface area contributed by atoms with Gasteiger partial charge in [-0.25, -0.2) is 4.79 Å². The Hall–Kier alpha value is -1.97. The number of nitrogens with one attached hydrogen (secondary N) is 1. The summed E-state index contributed by atoms with van der Waals surface area (Å²) >= 11 is 0. The van der Waals surface area contributed by atoms with Crippen molar-refractivity contribution in [1.29, 1.82) is 0 Å². The van der Waals surface area contributed by atoms with E-state index >= 15 is 0 Å². The Kier molecular flexibility index (Phi) is 2.56. The van der Waals surface area contributed by atoms with Crippen molar-refractivity contribution in [2.24, 2.45) is 0 Å². The minimum absolute atomic E-state index is 0.379. The maximum absolute atomic E-state index is 11.4. The number of ether oxygens (including phenoxy) is 2. The van der Waals surface area contributed by atoms with Gasteiger partial charge in [0, 0.05) is 5.39 Å². The lowest BCUT2D eigenvalue weighted by molar-refractivity contribution is 0.0595. The number of rotatable bonds is 2. The van der Waals surface area contributed by atoms with E-state index in [9.17, 15) is 4.79 Å². The summed E-state index contributed by atoms with van der Waals surface area (Å²) in [5.74, 6) is 0.373. The Morgan fingerprint density at radius 1 is 1.25 bits per heavy atom. The van der Waals surface area contributed by atoms with Gasteiger partial charge < -0.3 is 14.5 Å². The van der Waals surface area contributed by atoms with Gasteiger partial charge in [-0.2, -0.15) is 0 Å². The molecule has 0 bridgehead atoms. The second-order valence-electron chi connectivity index (χ2n) is 3.60. The van der Waals surface area contributed by atoms with Crippen LogP contribution < -0.4 is 4.74 Å². The third-order valence-corrected chi connectivity index (χ3v) is 2.47. The maximum atomic E-state index is 11.4. The quantitative estimate of drug-likeness (QED) is 0.788. The number of carbonyl (C=O) groups excluding carboxylic acids is 1. The molecule has 1 heterocycles. The Bertz CT molecular complexity index is 542. The lowest BCUT2D eigenvalue weighted by Crippen LogP contribution is -2.00. The highest BCUT2D eigenvalue weighted by molar-refractivity contribution is 5.97. The lowest BCUT2D eigenvalue weighted by atomic mass is 10.1. The predicted molar refractivity (Wildman–Crippen MR) is 60.9 cm³/mol. The maximum Gasteiger partial charge on any atom is 0.354 e. The third-order valence-electron chi connectivity index (χ3n) is 2.47. The van der Waals surface area contributed by atoms with Crippen LogP contribution >= 0.6 is 0 Å². The van der Waals surface area contributed by atoms with Gasteiger partial charge >= 0.3 is 5.97 Å². The molecule has 0 radical (unpaired) electrons. The molecule has 1 aromatic carbocycles. The van der Waals surface area contributed by atoms with Gasteiger partial charge in [-0.3, -0.25) is 0 Å². The standard InChI is InChI=1S/C12H13NO3/c1-7-4-9-8(11(5-7)15-2)6-10(13-9)12(14)16-3/h4-6,13H,1-3H3. The van der Waals surface area contributed by atoms with E-state index in [2.05, 4.69) is 9.72 Å². The number of aryl methyl sites for hydroxylation is 1. The molecule has 84 valence electrons. The average Bonchev–Trinajstić information content (AvgIpc) is 2.70. The first kappa shape index (κ1) is 10.5. The minimum Gasteiger partial charge on any atom is -0.496 e. The number of hydrogen-bond donors (Lipinski definition) is 1. The van der Waals surface area contributed by atoms with E-state index in [1.807, 2.05) is 19.1 Å². The Morgan fingerprint density at radius 2 is 2.00 bits per heavy atom. The molecular formula is C12H13NO3. The van der Waals surface area contributed by atoms with Crippen molar-refractivity contribution < 1.29 is 14.3 Å². The number of benzene rings is 1. The topological polar surface area (TPSA) is 51.3 Å². The summed E-state index contributed by atoms with van der Waals surface area (Å²) in [6, 6.07) is 5.63. The summed E-state index contributed by atoms with van der Waals surface area (Å²) in [4.78, 5) is 14.4. The van der Waals surface area contributed by atoms with E-state index in [1.165, 1.54) is 7.11 Å². The number of fused-ring (bicyclic) bond motifs is 1. The fourth-order valence-corrected chi connectivity index (χ4v) is 1.73. The monoisotopic (exact) mass is 219 g/mol. The van der Waals surface area contributed by atoms with Crippen molar-refractivity contribution in [2.45, 2.75) is 6.92 Å². The van der Waals surface area contributed by atoms with Gasteiger partial charge in [0.25, 0.3) is 0 Å². The molecule has 2 aromatic rings. The molecule has 0 saturated heterocycles. The highest BCUT2D eigenvalue weighted by Crippen LogP contribution is 2.28. The molecule has 0 unspecified atom stereocenters. The number of methoxy groups -OCH3 is 2. The summed E-state index contributed by atoms with van der Waals surface area (Å²) in [6.45, 7) is 1.97. The van der Waals surface area contributed by atoms with Crippen molar-refractivity contribution in [2.75, 3.05) is 14.2 Å². The van der Waals surface area contributed by atoms with Crippen molar-refractivity contribution in [3.8, 4) is 5.75 Å². The molecule has 0 spiro atoms. The van der Waals surface area contributed by atoms with Crippen LogP contribution in [0.25, 0.3) is 10.9 Å². The molecule has 4 heteroatoms. The van der Waals surface area contributed by atoms with Crippen molar-refractivity contribution >= 4 is 16.9 Å². The van der Waals surface area contributed by atoms with Crippen LogP contribution in [0.3, 0.4) is 0 Å². The molecule has 0 aliphatic heterocycles. The minimum atomic E-state index is -0.379. The number of aromatic amines is 1. The fraction of sp³-hybridized carbons (Fsp3) is 0.250. The molecule has 0 fully saturated rings. The summed E-state index contributed by atoms with van der Waals surface area (Å²) in [5, 5.41) is 0.883. The van der Waals surface area contributed by atoms with Gasteiger partial charge in [0.2, 0.25) is 0 Å². The normalized spacial score (nSPS) is 10.4. The van der Waals surface area contributed by atoms with E-state index < -0.39 is 0 Å². The fourth-order valence-electron chi connectivity index (χ4n) is 1.73. The Labute approximate surface area is 93.2 Å². The van der Waals surface area contributed by atoms with Gasteiger partial charge in [-0.15, -0.1) is 0 Å². The van der Waals surface area contributed by atoms with Crippen LogP contribution in [0.4, 0.5) is 0 Å². The molecule has 16 heavy (non-hydrogen) atoms. The highest BCUT2D eigenvalue weighted by Gasteiger charge is 2.12. The third kappa shape index (κ3) is 1.62. The van der Waals surface area contributed by atoms with Crippen LogP contribution in [0.1, 0.15) is 16.1 Å². The number of aromatic nitrogens is 1. The van der Waals surface area contributed by atoms with Gasteiger partial charge in [-0.1, -0.05) is 0 Å². The molecule has 0 aliphatic carbocycles. The zero-order valence-electron chi connectivity index (χ0n) is 9.46. The number of esters is 1. The molecule has 2 rings (SSSR count). The zero-order valence-corrected chi connectivity index (χ0v) is 9.46. The first-order valence-corrected chi connectivity index (χ1v) is 4.91. The van der Waals surface area contributed by atoms with E-state index in [-0.39, 0.29) is 5.97 Å². The highest BCUT2D eigenvalue weighted by atomic mass is 16.5. The van der Waals surface area contributed by atoms with E-state index in [1.54, 1.807) is 13.2 Å². The Morgan fingerprint density at radius 3 is 2.62 bits per heavy atom. The van der Waals surface area contributed by atoms with Gasteiger partial charge in [0.1, 0.15) is 11.4 Å². The number of carbonyl (C=O) groups is 1. The largest absolute Gasteiger partial charge is 0.496 e. The second kappa shape index (κ2) is 3.89. The Balaban J connectivity index is 2.64. The molecule has 0 atom stereocenters. The SMILES string of the molecule is COC(=O)c1cc2c(OC)cc(C)cc2[nH]1. The van der Waals surface area contributed by atoms with Crippen LogP contribution in [0.5, 0.6) is 5.75 Å².